The van der Waals surface area contributed by atoms with E-state index < -0.39 is 0 Å². The zero-order valence-corrected chi connectivity index (χ0v) is 13.3. The van der Waals surface area contributed by atoms with E-state index in [1.165, 1.54) is 4.90 Å². The number of hydrogen-bond acceptors (Lipinski definition) is 3. The molecule has 1 aromatic rings. The Balaban J connectivity index is 2.65. The van der Waals surface area contributed by atoms with Gasteiger partial charge in [-0.25, -0.2) is 4.79 Å². The third kappa shape index (κ3) is 6.04. The molecule has 0 aliphatic carbocycles. The van der Waals surface area contributed by atoms with Crippen molar-refractivity contribution in [3.63, 3.8) is 0 Å². The van der Waals surface area contributed by atoms with E-state index in [-0.39, 0.29) is 12.6 Å². The van der Waals surface area contributed by atoms with E-state index in [0.29, 0.717) is 24.8 Å². The maximum Gasteiger partial charge on any atom is 0.321 e. The summed E-state index contributed by atoms with van der Waals surface area (Å²) in [4.78, 5) is 13.3. The number of ether oxygens (including phenoxy) is 1. The molecular formula is C16H26N2O3. The average Bonchev–Trinajstić information content (AvgIpc) is 2.42. The number of aliphatic hydroxyl groups is 1. The SMILES string of the molecule is Cc1ccc(NC(=O)N(C)CCO)cc1OCCC(C)C. The van der Waals surface area contributed by atoms with Crippen molar-refractivity contribution in [2.24, 2.45) is 5.92 Å². The Bertz CT molecular complexity index is 461. The fourth-order valence-corrected chi connectivity index (χ4v) is 1.71. The summed E-state index contributed by atoms with van der Waals surface area (Å²) in [5.74, 6) is 1.39. The zero-order chi connectivity index (χ0) is 15.8. The number of hydrogen-bond donors (Lipinski definition) is 2. The van der Waals surface area contributed by atoms with Gasteiger partial charge in [0.2, 0.25) is 0 Å². The first-order valence-electron chi connectivity index (χ1n) is 7.30. The average molecular weight is 294 g/mol. The number of amides is 2. The molecule has 0 aliphatic rings. The van der Waals surface area contributed by atoms with Crippen LogP contribution in [0.25, 0.3) is 0 Å². The van der Waals surface area contributed by atoms with Crippen LogP contribution in [0.3, 0.4) is 0 Å². The van der Waals surface area contributed by atoms with Crippen LogP contribution < -0.4 is 10.1 Å². The number of nitrogens with one attached hydrogen (secondary N) is 1. The Kier molecular flexibility index (Phi) is 7.02. The van der Waals surface area contributed by atoms with Gasteiger partial charge in [0.25, 0.3) is 0 Å². The van der Waals surface area contributed by atoms with Gasteiger partial charge in [-0.2, -0.15) is 0 Å². The van der Waals surface area contributed by atoms with Gasteiger partial charge in [0, 0.05) is 25.3 Å². The Hall–Kier alpha value is -1.75. The lowest BCUT2D eigenvalue weighted by Crippen LogP contribution is -2.33. The lowest BCUT2D eigenvalue weighted by atomic mass is 10.1. The van der Waals surface area contributed by atoms with Crippen molar-refractivity contribution < 1.29 is 14.6 Å². The summed E-state index contributed by atoms with van der Waals surface area (Å²) in [5.41, 5.74) is 1.73. The number of benzene rings is 1. The Morgan fingerprint density at radius 3 is 2.76 bits per heavy atom. The predicted molar refractivity (Wildman–Crippen MR) is 84.9 cm³/mol. The summed E-state index contributed by atoms with van der Waals surface area (Å²) in [6, 6.07) is 5.35. The van der Waals surface area contributed by atoms with Gasteiger partial charge in [-0.3, -0.25) is 0 Å². The van der Waals surface area contributed by atoms with Gasteiger partial charge >= 0.3 is 6.03 Å². The molecule has 0 saturated heterocycles. The molecule has 1 aromatic carbocycles. The molecule has 0 spiro atoms. The van der Waals surface area contributed by atoms with E-state index in [1.807, 2.05) is 25.1 Å². The van der Waals surface area contributed by atoms with Gasteiger partial charge in [-0.15, -0.1) is 0 Å². The molecular weight excluding hydrogens is 268 g/mol. The largest absolute Gasteiger partial charge is 0.493 e. The monoisotopic (exact) mass is 294 g/mol. The Labute approximate surface area is 126 Å². The molecule has 0 fully saturated rings. The third-order valence-corrected chi connectivity index (χ3v) is 3.17. The van der Waals surface area contributed by atoms with Crippen molar-refractivity contribution in [3.05, 3.63) is 23.8 Å². The quantitative estimate of drug-likeness (QED) is 0.813. The van der Waals surface area contributed by atoms with E-state index >= 15 is 0 Å². The Morgan fingerprint density at radius 1 is 1.43 bits per heavy atom. The first-order chi connectivity index (χ1) is 9.93. The topological polar surface area (TPSA) is 61.8 Å². The first kappa shape index (κ1) is 17.3. The van der Waals surface area contributed by atoms with Crippen LogP contribution in [0.5, 0.6) is 5.75 Å². The number of carbonyl (C=O) groups excluding carboxylic acids is 1. The molecule has 21 heavy (non-hydrogen) atoms. The molecule has 0 radical (unpaired) electrons. The molecule has 5 heteroatoms. The second-order valence-electron chi connectivity index (χ2n) is 5.59. The molecule has 0 aromatic heterocycles. The number of likely N-dealkylation sites (N-methyl/N-ethyl adjacent to an activating group) is 1. The number of aliphatic hydroxyl groups excluding tert-OH is 1. The van der Waals surface area contributed by atoms with Gasteiger partial charge in [-0.1, -0.05) is 19.9 Å². The molecule has 0 atom stereocenters. The van der Waals surface area contributed by atoms with Crippen LogP contribution in [0.2, 0.25) is 0 Å². The fraction of sp³-hybridized carbons (Fsp3) is 0.562. The molecule has 0 unspecified atom stereocenters. The van der Waals surface area contributed by atoms with Gasteiger partial charge in [-0.05, 0) is 30.9 Å². The van der Waals surface area contributed by atoms with Crippen molar-refractivity contribution in [3.8, 4) is 5.75 Å². The normalized spacial score (nSPS) is 10.6. The number of anilines is 1. The molecule has 5 nitrogen and oxygen atoms in total. The number of rotatable bonds is 7. The summed E-state index contributed by atoms with van der Waals surface area (Å²) in [6.07, 6.45) is 0.995. The van der Waals surface area contributed by atoms with E-state index in [0.717, 1.165) is 17.7 Å². The van der Waals surface area contributed by atoms with Crippen LogP contribution >= 0.6 is 0 Å². The van der Waals surface area contributed by atoms with Crippen LogP contribution in [0.15, 0.2) is 18.2 Å². The second kappa shape index (κ2) is 8.52. The molecule has 0 saturated carbocycles. The molecule has 0 bridgehead atoms. The summed E-state index contributed by atoms with van der Waals surface area (Å²) in [7, 11) is 1.64. The molecule has 0 heterocycles. The van der Waals surface area contributed by atoms with Crippen LogP contribution in [0.4, 0.5) is 10.5 Å². The van der Waals surface area contributed by atoms with Gasteiger partial charge < -0.3 is 20.1 Å². The molecule has 0 aliphatic heterocycles. The fourth-order valence-electron chi connectivity index (χ4n) is 1.71. The van der Waals surface area contributed by atoms with E-state index in [1.54, 1.807) is 7.05 Å². The summed E-state index contributed by atoms with van der Waals surface area (Å²) >= 11 is 0. The molecule has 118 valence electrons. The summed E-state index contributed by atoms with van der Waals surface area (Å²) in [6.45, 7) is 7.21. The van der Waals surface area contributed by atoms with Gasteiger partial charge in [0.15, 0.2) is 0 Å². The Morgan fingerprint density at radius 2 is 2.14 bits per heavy atom. The number of nitrogens with zero attached hydrogens (tertiary/aromatic N) is 1. The van der Waals surface area contributed by atoms with E-state index in [4.69, 9.17) is 9.84 Å². The highest BCUT2D eigenvalue weighted by molar-refractivity contribution is 5.89. The second-order valence-corrected chi connectivity index (χ2v) is 5.59. The summed E-state index contributed by atoms with van der Waals surface area (Å²) < 4.78 is 5.77. The van der Waals surface area contributed by atoms with Crippen molar-refractivity contribution in [2.75, 3.05) is 32.1 Å². The number of aryl methyl sites for hydroxylation is 1. The lowest BCUT2D eigenvalue weighted by molar-refractivity contribution is 0.202. The summed E-state index contributed by atoms with van der Waals surface area (Å²) in [5, 5.41) is 11.6. The molecule has 2 amide bonds. The zero-order valence-electron chi connectivity index (χ0n) is 13.3. The minimum absolute atomic E-state index is 0.0542. The number of carbonyl (C=O) groups is 1. The highest BCUT2D eigenvalue weighted by Crippen LogP contribution is 2.23. The smallest absolute Gasteiger partial charge is 0.321 e. The third-order valence-electron chi connectivity index (χ3n) is 3.17. The minimum Gasteiger partial charge on any atom is -0.493 e. The maximum atomic E-state index is 11.9. The first-order valence-corrected chi connectivity index (χ1v) is 7.30. The molecule has 1 rings (SSSR count). The maximum absolute atomic E-state index is 11.9. The van der Waals surface area contributed by atoms with Crippen molar-refractivity contribution in [1.29, 1.82) is 0 Å². The predicted octanol–water partition coefficient (Wildman–Crippen LogP) is 2.88. The van der Waals surface area contributed by atoms with Crippen LogP contribution in [-0.4, -0.2) is 42.8 Å². The van der Waals surface area contributed by atoms with Gasteiger partial charge in [0.1, 0.15) is 5.75 Å². The van der Waals surface area contributed by atoms with Crippen LogP contribution in [0.1, 0.15) is 25.8 Å². The standard InChI is InChI=1S/C16H26N2O3/c1-12(2)7-10-21-15-11-14(6-5-13(15)3)17-16(20)18(4)8-9-19/h5-6,11-12,19H,7-10H2,1-4H3,(H,17,20). The minimum atomic E-state index is -0.249. The van der Waals surface area contributed by atoms with Crippen molar-refractivity contribution >= 4 is 11.7 Å². The van der Waals surface area contributed by atoms with Gasteiger partial charge in [0.05, 0.1) is 13.2 Å². The highest BCUT2D eigenvalue weighted by atomic mass is 16.5. The lowest BCUT2D eigenvalue weighted by Gasteiger charge is -2.17. The van der Waals surface area contributed by atoms with Crippen LogP contribution in [-0.2, 0) is 0 Å². The van der Waals surface area contributed by atoms with Crippen LogP contribution in [0, 0.1) is 12.8 Å². The molecule has 2 N–H and O–H groups in total. The van der Waals surface area contributed by atoms with E-state index in [9.17, 15) is 4.79 Å². The van der Waals surface area contributed by atoms with Crippen molar-refractivity contribution in [2.45, 2.75) is 27.2 Å². The van der Waals surface area contributed by atoms with E-state index in [2.05, 4.69) is 19.2 Å². The number of urea groups is 1. The van der Waals surface area contributed by atoms with Crippen molar-refractivity contribution in [1.82, 2.24) is 4.90 Å². The highest BCUT2D eigenvalue weighted by Gasteiger charge is 2.09.